The lowest BCUT2D eigenvalue weighted by Gasteiger charge is -2.13. The summed E-state index contributed by atoms with van der Waals surface area (Å²) in [6.07, 6.45) is 1.42. The van der Waals surface area contributed by atoms with Gasteiger partial charge in [0.2, 0.25) is 0 Å². The van der Waals surface area contributed by atoms with Gasteiger partial charge < -0.3 is 21.1 Å². The number of halogens is 1. The van der Waals surface area contributed by atoms with Gasteiger partial charge in [-0.15, -0.1) is 0 Å². The summed E-state index contributed by atoms with van der Waals surface area (Å²) in [4.78, 5) is 10.7. The number of carbonyl (C=O) groups is 1. The summed E-state index contributed by atoms with van der Waals surface area (Å²) < 4.78 is 10.6. The first-order valence-electron chi connectivity index (χ1n) is 5.19. The van der Waals surface area contributed by atoms with Crippen LogP contribution >= 0.6 is 11.6 Å². The Hall–Kier alpha value is -1.95. The van der Waals surface area contributed by atoms with E-state index in [9.17, 15) is 4.79 Å². The van der Waals surface area contributed by atoms with Crippen LogP contribution in [-0.2, 0) is 4.79 Å². The number of rotatable bonds is 6. The van der Waals surface area contributed by atoms with Gasteiger partial charge in [0, 0.05) is 0 Å². The summed E-state index contributed by atoms with van der Waals surface area (Å²) >= 11 is 6.03. The van der Waals surface area contributed by atoms with E-state index in [1.54, 1.807) is 12.1 Å². The van der Waals surface area contributed by atoms with Crippen LogP contribution in [0.25, 0.3) is 0 Å². The summed E-state index contributed by atoms with van der Waals surface area (Å²) in [5.41, 5.74) is 5.67. The van der Waals surface area contributed by atoms with Crippen LogP contribution in [-0.4, -0.2) is 25.3 Å². The van der Waals surface area contributed by atoms with Crippen molar-refractivity contribution >= 4 is 23.7 Å². The summed E-state index contributed by atoms with van der Waals surface area (Å²) in [5.74, 6) is 5.14. The van der Waals surface area contributed by atoms with Gasteiger partial charge in [0.15, 0.2) is 18.1 Å². The predicted molar refractivity (Wildman–Crippen MR) is 69.1 cm³/mol. The summed E-state index contributed by atoms with van der Waals surface area (Å²) in [7, 11) is 0. The number of benzene rings is 1. The molecular formula is C11H14ClN3O3. The average Bonchev–Trinajstić information content (AvgIpc) is 2.28. The van der Waals surface area contributed by atoms with Gasteiger partial charge in [-0.2, -0.15) is 5.10 Å². The summed E-state index contributed by atoms with van der Waals surface area (Å²) in [6.45, 7) is 1.96. The molecule has 0 spiro atoms. The first kappa shape index (κ1) is 14.1. The van der Waals surface area contributed by atoms with Crippen molar-refractivity contribution in [3.63, 3.8) is 0 Å². The zero-order valence-electron chi connectivity index (χ0n) is 9.85. The monoisotopic (exact) mass is 271 g/mol. The molecule has 0 aliphatic heterocycles. The maximum Gasteiger partial charge on any atom is 0.255 e. The van der Waals surface area contributed by atoms with Crippen LogP contribution in [0.1, 0.15) is 12.5 Å². The lowest BCUT2D eigenvalue weighted by molar-refractivity contribution is -0.119. The molecule has 0 atom stereocenters. The van der Waals surface area contributed by atoms with Crippen LogP contribution in [0.4, 0.5) is 0 Å². The highest BCUT2D eigenvalue weighted by Gasteiger charge is 2.13. The molecule has 0 fully saturated rings. The molecule has 1 aromatic rings. The van der Waals surface area contributed by atoms with E-state index >= 15 is 0 Å². The van der Waals surface area contributed by atoms with Gasteiger partial charge in [0.25, 0.3) is 5.91 Å². The third-order valence-corrected chi connectivity index (χ3v) is 2.19. The van der Waals surface area contributed by atoms with Gasteiger partial charge in [0.05, 0.1) is 17.8 Å². The number of ether oxygens (including phenoxy) is 2. The topological polar surface area (TPSA) is 99.9 Å². The van der Waals surface area contributed by atoms with E-state index in [4.69, 9.17) is 32.7 Å². The molecule has 98 valence electrons. The van der Waals surface area contributed by atoms with Crippen molar-refractivity contribution in [2.45, 2.75) is 6.92 Å². The molecule has 1 amide bonds. The SMILES string of the molecule is CCOc1cc(C=NN)cc(Cl)c1OCC(N)=O. The molecule has 0 heterocycles. The van der Waals surface area contributed by atoms with Crippen LogP contribution in [0, 0.1) is 0 Å². The maximum atomic E-state index is 10.7. The number of nitrogens with zero attached hydrogens (tertiary/aromatic N) is 1. The van der Waals surface area contributed by atoms with Crippen molar-refractivity contribution in [1.29, 1.82) is 0 Å². The van der Waals surface area contributed by atoms with E-state index in [1.807, 2.05) is 6.92 Å². The third kappa shape index (κ3) is 3.81. The molecule has 7 heteroatoms. The van der Waals surface area contributed by atoms with Gasteiger partial charge in [-0.3, -0.25) is 4.79 Å². The Kier molecular flexibility index (Phi) is 5.26. The molecule has 1 rings (SSSR count). The molecular weight excluding hydrogens is 258 g/mol. The Labute approximate surface area is 109 Å². The molecule has 18 heavy (non-hydrogen) atoms. The lowest BCUT2D eigenvalue weighted by atomic mass is 10.2. The first-order valence-corrected chi connectivity index (χ1v) is 5.57. The fraction of sp³-hybridized carbons (Fsp3) is 0.273. The van der Waals surface area contributed by atoms with Gasteiger partial charge in [-0.05, 0) is 24.6 Å². The molecule has 0 radical (unpaired) electrons. The lowest BCUT2D eigenvalue weighted by Crippen LogP contribution is -2.20. The summed E-state index contributed by atoms with van der Waals surface area (Å²) in [6, 6.07) is 3.25. The zero-order chi connectivity index (χ0) is 13.5. The number of hydrogen-bond acceptors (Lipinski definition) is 5. The Morgan fingerprint density at radius 3 is 2.78 bits per heavy atom. The highest BCUT2D eigenvalue weighted by atomic mass is 35.5. The number of nitrogens with two attached hydrogens (primary N) is 2. The van der Waals surface area contributed by atoms with Crippen molar-refractivity contribution in [1.82, 2.24) is 0 Å². The molecule has 1 aromatic carbocycles. The maximum absolute atomic E-state index is 10.7. The van der Waals surface area contributed by atoms with E-state index < -0.39 is 5.91 Å². The van der Waals surface area contributed by atoms with Crippen LogP contribution in [0.5, 0.6) is 11.5 Å². The van der Waals surface area contributed by atoms with Crippen molar-refractivity contribution in [2.75, 3.05) is 13.2 Å². The zero-order valence-corrected chi connectivity index (χ0v) is 10.6. The third-order valence-electron chi connectivity index (χ3n) is 1.91. The van der Waals surface area contributed by atoms with Gasteiger partial charge in [0.1, 0.15) is 0 Å². The molecule has 4 N–H and O–H groups in total. The van der Waals surface area contributed by atoms with E-state index in [0.717, 1.165) is 0 Å². The van der Waals surface area contributed by atoms with Gasteiger partial charge in [-0.25, -0.2) is 0 Å². The standard InChI is InChI=1S/C11H14ClN3O3/c1-2-17-9-4-7(5-15-14)3-8(12)11(9)18-6-10(13)16/h3-5H,2,6,14H2,1H3,(H2,13,16). The molecule has 0 aromatic heterocycles. The Morgan fingerprint density at radius 1 is 1.50 bits per heavy atom. The van der Waals surface area contributed by atoms with Crippen molar-refractivity contribution in [3.05, 3.63) is 22.7 Å². The van der Waals surface area contributed by atoms with E-state index in [-0.39, 0.29) is 17.4 Å². The Balaban J connectivity index is 3.09. The van der Waals surface area contributed by atoms with Gasteiger partial charge >= 0.3 is 0 Å². The minimum absolute atomic E-state index is 0.270. The summed E-state index contributed by atoms with van der Waals surface area (Å²) in [5, 5.41) is 3.69. The second-order valence-corrected chi connectivity index (χ2v) is 3.70. The predicted octanol–water partition coefficient (Wildman–Crippen LogP) is 0.895. The highest BCUT2D eigenvalue weighted by Crippen LogP contribution is 2.36. The second kappa shape index (κ2) is 6.70. The quantitative estimate of drug-likeness (QED) is 0.456. The smallest absolute Gasteiger partial charge is 0.255 e. The van der Waals surface area contributed by atoms with Crippen LogP contribution in [0.15, 0.2) is 17.2 Å². The molecule has 6 nitrogen and oxygen atoms in total. The number of hydrazone groups is 1. The average molecular weight is 272 g/mol. The van der Waals surface area contributed by atoms with E-state index in [2.05, 4.69) is 5.10 Å². The minimum atomic E-state index is -0.596. The second-order valence-electron chi connectivity index (χ2n) is 3.30. The number of amides is 1. The number of hydrogen-bond donors (Lipinski definition) is 2. The highest BCUT2D eigenvalue weighted by molar-refractivity contribution is 6.32. The molecule has 0 aliphatic rings. The normalized spacial score (nSPS) is 10.6. The van der Waals surface area contributed by atoms with Crippen molar-refractivity contribution in [3.8, 4) is 11.5 Å². The number of primary amides is 1. The first-order chi connectivity index (χ1) is 8.58. The van der Waals surface area contributed by atoms with Gasteiger partial charge in [-0.1, -0.05) is 11.6 Å². The Morgan fingerprint density at radius 2 is 2.22 bits per heavy atom. The molecule has 0 unspecified atom stereocenters. The van der Waals surface area contributed by atoms with Crippen LogP contribution < -0.4 is 21.1 Å². The van der Waals surface area contributed by atoms with E-state index in [1.165, 1.54) is 6.21 Å². The molecule has 0 saturated carbocycles. The fourth-order valence-corrected chi connectivity index (χ4v) is 1.57. The number of carbonyl (C=O) groups excluding carboxylic acids is 1. The largest absolute Gasteiger partial charge is 0.490 e. The Bertz CT molecular complexity index is 463. The molecule has 0 aliphatic carbocycles. The van der Waals surface area contributed by atoms with Crippen molar-refractivity contribution in [2.24, 2.45) is 16.7 Å². The fourth-order valence-electron chi connectivity index (χ4n) is 1.29. The van der Waals surface area contributed by atoms with Crippen LogP contribution in [0.2, 0.25) is 5.02 Å². The molecule has 0 saturated heterocycles. The van der Waals surface area contributed by atoms with Crippen LogP contribution in [0.3, 0.4) is 0 Å². The minimum Gasteiger partial charge on any atom is -0.490 e. The van der Waals surface area contributed by atoms with E-state index in [0.29, 0.717) is 17.9 Å². The van der Waals surface area contributed by atoms with Crippen molar-refractivity contribution < 1.29 is 14.3 Å². The molecule has 0 bridgehead atoms.